The van der Waals surface area contributed by atoms with Crippen LogP contribution in [0.25, 0.3) is 0 Å². The average molecular weight is 271 g/mol. The lowest BCUT2D eigenvalue weighted by atomic mass is 10.1. The molecule has 1 rings (SSSR count). The van der Waals surface area contributed by atoms with Crippen LogP contribution < -0.4 is 5.73 Å². The van der Waals surface area contributed by atoms with Crippen molar-refractivity contribution in [3.05, 3.63) is 28.8 Å². The standard InChI is InChI=1S/C13H19ClN2O2/c1-9(2)16(7-4-8-17)13(18)10-5-3-6-11(14)12(10)15/h3,5-6,9,17H,4,7-8,15H2,1-2H3. The van der Waals surface area contributed by atoms with E-state index in [4.69, 9.17) is 22.4 Å². The van der Waals surface area contributed by atoms with Gasteiger partial charge in [-0.1, -0.05) is 17.7 Å². The molecule has 0 atom stereocenters. The first kappa shape index (κ1) is 14.8. The van der Waals surface area contributed by atoms with Crippen molar-refractivity contribution in [3.63, 3.8) is 0 Å². The summed E-state index contributed by atoms with van der Waals surface area (Å²) in [4.78, 5) is 14.0. The highest BCUT2D eigenvalue weighted by Gasteiger charge is 2.20. The molecular formula is C13H19ClN2O2. The summed E-state index contributed by atoms with van der Waals surface area (Å²) >= 11 is 5.91. The van der Waals surface area contributed by atoms with E-state index in [0.29, 0.717) is 29.2 Å². The number of anilines is 1. The molecule has 4 nitrogen and oxygen atoms in total. The Labute approximate surface area is 112 Å². The molecule has 0 bridgehead atoms. The van der Waals surface area contributed by atoms with E-state index in [1.165, 1.54) is 0 Å². The Morgan fingerprint density at radius 1 is 1.50 bits per heavy atom. The number of nitrogen functional groups attached to an aromatic ring is 1. The zero-order valence-electron chi connectivity index (χ0n) is 10.7. The van der Waals surface area contributed by atoms with E-state index in [1.807, 2.05) is 13.8 Å². The van der Waals surface area contributed by atoms with Gasteiger partial charge in [-0.2, -0.15) is 0 Å². The molecule has 0 aliphatic heterocycles. The lowest BCUT2D eigenvalue weighted by Crippen LogP contribution is -2.38. The number of carbonyl (C=O) groups excluding carboxylic acids is 1. The van der Waals surface area contributed by atoms with E-state index >= 15 is 0 Å². The molecule has 0 aliphatic rings. The van der Waals surface area contributed by atoms with Gasteiger partial charge >= 0.3 is 0 Å². The highest BCUT2D eigenvalue weighted by atomic mass is 35.5. The number of aliphatic hydroxyl groups excluding tert-OH is 1. The maximum atomic E-state index is 12.4. The van der Waals surface area contributed by atoms with Crippen molar-refractivity contribution in [2.24, 2.45) is 0 Å². The fourth-order valence-corrected chi connectivity index (χ4v) is 1.89. The highest BCUT2D eigenvalue weighted by molar-refractivity contribution is 6.33. The van der Waals surface area contributed by atoms with Crippen LogP contribution in [0.4, 0.5) is 5.69 Å². The predicted molar refractivity (Wildman–Crippen MR) is 73.7 cm³/mol. The molecular weight excluding hydrogens is 252 g/mol. The molecule has 1 amide bonds. The Morgan fingerprint density at radius 2 is 2.17 bits per heavy atom. The Bertz CT molecular complexity index is 421. The van der Waals surface area contributed by atoms with Crippen LogP contribution >= 0.6 is 11.6 Å². The van der Waals surface area contributed by atoms with Gasteiger partial charge in [-0.05, 0) is 32.4 Å². The second kappa shape index (κ2) is 6.61. The van der Waals surface area contributed by atoms with Gasteiger partial charge < -0.3 is 15.7 Å². The first-order chi connectivity index (χ1) is 8.49. The van der Waals surface area contributed by atoms with E-state index in [1.54, 1.807) is 23.1 Å². The van der Waals surface area contributed by atoms with Gasteiger partial charge in [-0.3, -0.25) is 4.79 Å². The van der Waals surface area contributed by atoms with Crippen LogP contribution in [0.5, 0.6) is 0 Å². The quantitative estimate of drug-likeness (QED) is 0.806. The van der Waals surface area contributed by atoms with Gasteiger partial charge in [0.15, 0.2) is 0 Å². The number of carbonyl (C=O) groups is 1. The summed E-state index contributed by atoms with van der Waals surface area (Å²) in [7, 11) is 0. The van der Waals surface area contributed by atoms with Crippen molar-refractivity contribution in [2.75, 3.05) is 18.9 Å². The Hall–Kier alpha value is -1.26. The minimum absolute atomic E-state index is 0.0439. The topological polar surface area (TPSA) is 66.6 Å². The average Bonchev–Trinajstić information content (AvgIpc) is 2.32. The molecule has 5 heteroatoms. The first-order valence-corrected chi connectivity index (χ1v) is 6.32. The van der Waals surface area contributed by atoms with Crippen molar-refractivity contribution >= 4 is 23.2 Å². The molecule has 100 valence electrons. The molecule has 0 fully saturated rings. The highest BCUT2D eigenvalue weighted by Crippen LogP contribution is 2.24. The lowest BCUT2D eigenvalue weighted by Gasteiger charge is -2.27. The summed E-state index contributed by atoms with van der Waals surface area (Å²) in [6.45, 7) is 4.41. The van der Waals surface area contributed by atoms with E-state index in [2.05, 4.69) is 0 Å². The Balaban J connectivity index is 2.98. The zero-order chi connectivity index (χ0) is 13.7. The van der Waals surface area contributed by atoms with Crippen LogP contribution in [0.15, 0.2) is 18.2 Å². The summed E-state index contributed by atoms with van der Waals surface area (Å²) in [6.07, 6.45) is 0.546. The van der Waals surface area contributed by atoms with Crippen LogP contribution in [0, 0.1) is 0 Å². The maximum absolute atomic E-state index is 12.4. The van der Waals surface area contributed by atoms with Gasteiger partial charge in [-0.15, -0.1) is 0 Å². The minimum atomic E-state index is -0.154. The predicted octanol–water partition coefficient (Wildman–Crippen LogP) is 2.16. The lowest BCUT2D eigenvalue weighted by molar-refractivity contribution is 0.0694. The van der Waals surface area contributed by atoms with Crippen molar-refractivity contribution in [2.45, 2.75) is 26.3 Å². The van der Waals surface area contributed by atoms with Crippen molar-refractivity contribution < 1.29 is 9.90 Å². The molecule has 0 unspecified atom stereocenters. The van der Waals surface area contributed by atoms with Crippen molar-refractivity contribution in [3.8, 4) is 0 Å². The van der Waals surface area contributed by atoms with Crippen LogP contribution in [-0.2, 0) is 0 Å². The number of amides is 1. The number of benzene rings is 1. The molecule has 0 saturated heterocycles. The first-order valence-electron chi connectivity index (χ1n) is 5.94. The third-order valence-corrected chi connectivity index (χ3v) is 3.05. The minimum Gasteiger partial charge on any atom is -0.397 e. The number of nitrogens with zero attached hydrogens (tertiary/aromatic N) is 1. The normalized spacial score (nSPS) is 10.7. The van der Waals surface area contributed by atoms with Gasteiger partial charge in [0.05, 0.1) is 16.3 Å². The monoisotopic (exact) mass is 270 g/mol. The van der Waals surface area contributed by atoms with Crippen LogP contribution in [0.1, 0.15) is 30.6 Å². The SMILES string of the molecule is CC(C)N(CCCO)C(=O)c1cccc(Cl)c1N. The van der Waals surface area contributed by atoms with E-state index in [0.717, 1.165) is 0 Å². The molecule has 0 spiro atoms. The molecule has 0 saturated carbocycles. The molecule has 0 heterocycles. The van der Waals surface area contributed by atoms with Gasteiger partial charge in [-0.25, -0.2) is 0 Å². The maximum Gasteiger partial charge on any atom is 0.256 e. The van der Waals surface area contributed by atoms with Crippen LogP contribution in [-0.4, -0.2) is 35.1 Å². The van der Waals surface area contributed by atoms with E-state index in [-0.39, 0.29) is 18.6 Å². The summed E-state index contributed by atoms with van der Waals surface area (Å²) in [6, 6.07) is 5.07. The second-order valence-corrected chi connectivity index (χ2v) is 4.78. The van der Waals surface area contributed by atoms with Crippen LogP contribution in [0.3, 0.4) is 0 Å². The number of halogens is 1. The van der Waals surface area contributed by atoms with E-state index in [9.17, 15) is 4.79 Å². The summed E-state index contributed by atoms with van der Waals surface area (Å²) in [5, 5.41) is 9.25. The van der Waals surface area contributed by atoms with Crippen LogP contribution in [0.2, 0.25) is 5.02 Å². The zero-order valence-corrected chi connectivity index (χ0v) is 11.4. The third kappa shape index (κ3) is 3.37. The smallest absolute Gasteiger partial charge is 0.256 e. The molecule has 0 aromatic heterocycles. The van der Waals surface area contributed by atoms with Gasteiger partial charge in [0.25, 0.3) is 5.91 Å². The molecule has 0 radical (unpaired) electrons. The molecule has 1 aromatic carbocycles. The Kier molecular flexibility index (Phi) is 5.44. The summed E-state index contributed by atoms with van der Waals surface area (Å²) in [5.41, 5.74) is 6.54. The fraction of sp³-hybridized carbons (Fsp3) is 0.462. The molecule has 1 aromatic rings. The van der Waals surface area contributed by atoms with Gasteiger partial charge in [0.1, 0.15) is 0 Å². The number of rotatable bonds is 5. The number of hydrogen-bond acceptors (Lipinski definition) is 3. The number of aliphatic hydroxyl groups is 1. The van der Waals surface area contributed by atoms with Crippen molar-refractivity contribution in [1.82, 2.24) is 4.90 Å². The number of para-hydroxylation sites is 1. The molecule has 18 heavy (non-hydrogen) atoms. The molecule has 3 N–H and O–H groups in total. The summed E-state index contributed by atoms with van der Waals surface area (Å²) < 4.78 is 0. The van der Waals surface area contributed by atoms with Gasteiger partial charge in [0.2, 0.25) is 0 Å². The number of nitrogens with two attached hydrogens (primary N) is 1. The second-order valence-electron chi connectivity index (χ2n) is 4.37. The van der Waals surface area contributed by atoms with E-state index < -0.39 is 0 Å². The Morgan fingerprint density at radius 3 is 2.72 bits per heavy atom. The fourth-order valence-electron chi connectivity index (χ4n) is 1.71. The molecule has 0 aliphatic carbocycles. The summed E-state index contributed by atoms with van der Waals surface area (Å²) in [5.74, 6) is -0.154. The number of hydrogen-bond donors (Lipinski definition) is 2. The largest absolute Gasteiger partial charge is 0.397 e. The third-order valence-electron chi connectivity index (χ3n) is 2.72. The van der Waals surface area contributed by atoms with Gasteiger partial charge in [0, 0.05) is 19.2 Å². The van der Waals surface area contributed by atoms with Crippen molar-refractivity contribution in [1.29, 1.82) is 0 Å².